The van der Waals surface area contributed by atoms with Crippen molar-refractivity contribution >= 4 is 22.1 Å². The first kappa shape index (κ1) is 59.6. The fourth-order valence-corrected chi connectivity index (χ4v) is 7.36. The summed E-state index contributed by atoms with van der Waals surface area (Å²) >= 11 is 0. The van der Waals surface area contributed by atoms with E-state index in [2.05, 4.69) is 92.8 Å². The zero-order chi connectivity index (χ0) is 47.6. The van der Waals surface area contributed by atoms with Crippen LogP contribution in [0.5, 0.6) is 0 Å². The van der Waals surface area contributed by atoms with Gasteiger partial charge < -0.3 is 34.3 Å². The van der Waals surface area contributed by atoms with Crippen molar-refractivity contribution in [2.45, 2.75) is 198 Å². The van der Waals surface area contributed by atoms with E-state index in [1.165, 1.54) is 44.9 Å². The Morgan fingerprint density at radius 3 is 1.51 bits per heavy atom. The lowest BCUT2D eigenvalue weighted by Crippen LogP contribution is -2.60. The van der Waals surface area contributed by atoms with Crippen LogP contribution in [-0.2, 0) is 38.7 Å². The number of carbonyl (C=O) groups excluding carboxylic acids is 2. The Labute approximate surface area is 392 Å². The molecule has 12 nitrogen and oxygen atoms in total. The molecule has 1 aliphatic rings. The average Bonchev–Trinajstić information content (AvgIpc) is 3.27. The van der Waals surface area contributed by atoms with E-state index in [0.29, 0.717) is 19.3 Å². The summed E-state index contributed by atoms with van der Waals surface area (Å²) in [7, 11) is -4.62. The molecular formula is C52H84O12S. The molecule has 65 heavy (non-hydrogen) atoms. The highest BCUT2D eigenvalue weighted by Gasteiger charge is 2.46. The van der Waals surface area contributed by atoms with Crippen LogP contribution in [0.4, 0.5) is 0 Å². The third-order valence-corrected chi connectivity index (χ3v) is 11.2. The van der Waals surface area contributed by atoms with Crippen LogP contribution in [0.25, 0.3) is 0 Å². The number of carbonyl (C=O) groups is 2. The number of rotatable bonds is 39. The van der Waals surface area contributed by atoms with Crippen LogP contribution in [0.15, 0.2) is 97.2 Å². The molecule has 1 saturated heterocycles. The van der Waals surface area contributed by atoms with Crippen LogP contribution in [-0.4, -0.2) is 96.0 Å². The molecule has 4 N–H and O–H groups in total. The normalized spacial score (nSPS) is 20.4. The van der Waals surface area contributed by atoms with Gasteiger partial charge in [0.15, 0.2) is 12.4 Å². The minimum Gasteiger partial charge on any atom is -0.462 e. The molecule has 1 fully saturated rings. The Morgan fingerprint density at radius 1 is 0.538 bits per heavy atom. The van der Waals surface area contributed by atoms with Crippen molar-refractivity contribution in [2.75, 3.05) is 19.0 Å². The van der Waals surface area contributed by atoms with Gasteiger partial charge in [-0.15, -0.1) is 0 Å². The van der Waals surface area contributed by atoms with E-state index in [1.807, 2.05) is 18.2 Å². The largest absolute Gasteiger partial charge is 0.462 e. The van der Waals surface area contributed by atoms with E-state index >= 15 is 0 Å². The van der Waals surface area contributed by atoms with Crippen molar-refractivity contribution < 1.29 is 56.8 Å². The van der Waals surface area contributed by atoms with Crippen molar-refractivity contribution in [1.82, 2.24) is 0 Å². The lowest BCUT2D eigenvalue weighted by Gasteiger charge is -2.40. The molecule has 0 aliphatic carbocycles. The van der Waals surface area contributed by atoms with Gasteiger partial charge >= 0.3 is 11.9 Å². The Hall–Kier alpha value is -3.43. The fraction of sp³-hybridized carbons (Fsp3) is 0.654. The number of esters is 2. The van der Waals surface area contributed by atoms with Crippen LogP contribution in [0.3, 0.4) is 0 Å². The molecule has 0 amide bonds. The molecule has 0 saturated carbocycles. The van der Waals surface area contributed by atoms with Gasteiger partial charge in [-0.05, 0) is 83.5 Å². The molecule has 1 aliphatic heterocycles. The monoisotopic (exact) mass is 933 g/mol. The van der Waals surface area contributed by atoms with E-state index in [1.54, 1.807) is 0 Å². The van der Waals surface area contributed by atoms with Gasteiger partial charge in [-0.25, -0.2) is 0 Å². The molecule has 0 aromatic heterocycles. The first-order valence-electron chi connectivity index (χ1n) is 24.3. The van der Waals surface area contributed by atoms with Gasteiger partial charge in [0, 0.05) is 12.8 Å². The molecule has 0 bridgehead atoms. The number of aliphatic hydroxyl groups excluding tert-OH is 3. The van der Waals surface area contributed by atoms with Gasteiger partial charge in [0.25, 0.3) is 10.1 Å². The van der Waals surface area contributed by atoms with Gasteiger partial charge in [-0.3, -0.25) is 14.1 Å². The minimum atomic E-state index is -4.62. The number of allylic oxidation sites excluding steroid dienone is 16. The zero-order valence-corrected chi connectivity index (χ0v) is 40.4. The quantitative estimate of drug-likeness (QED) is 0.0198. The minimum absolute atomic E-state index is 0.0319. The molecule has 1 heterocycles. The number of hydrogen-bond donors (Lipinski definition) is 4. The average molecular weight is 933 g/mol. The summed E-state index contributed by atoms with van der Waals surface area (Å²) in [5.74, 6) is -2.11. The van der Waals surface area contributed by atoms with Gasteiger partial charge in [-0.2, -0.15) is 8.42 Å². The third-order valence-electron chi connectivity index (χ3n) is 10.4. The Morgan fingerprint density at radius 2 is 1.00 bits per heavy atom. The highest BCUT2D eigenvalue weighted by molar-refractivity contribution is 7.85. The fourth-order valence-electron chi connectivity index (χ4n) is 6.67. The molecule has 0 aromatic rings. The smallest absolute Gasteiger partial charge is 0.306 e. The van der Waals surface area contributed by atoms with E-state index in [9.17, 15) is 37.9 Å². The highest BCUT2D eigenvalue weighted by Crippen LogP contribution is 2.24. The summed E-state index contributed by atoms with van der Waals surface area (Å²) in [6.45, 7) is 3.56. The standard InChI is InChI=1S/C52H84O12S/c1-3-5-7-9-11-13-15-17-19-21-23-25-27-29-31-33-35-37-39-41-48(54)63-45(43-62-52-51(57)50(56)49(55)46(64-52)44-65(58,59)60)42-61-47(53)40-38-36-34-32-30-28-26-24-22-20-18-16-14-12-10-8-6-4-2/h5,7,11,13-14,16-17,19-20,22-23,25,29,31,35,37,45-46,49-52,55-57H,3-4,6,8-10,12,15,18,21,24,26-28,30,32-34,36,38-44H2,1-2H3,(H,58,59,60)/b7-5-,13-11-,16-14-,19-17-,22-20-,25-23-,31-29-,37-35-. The number of aliphatic hydroxyl groups is 3. The second kappa shape index (κ2) is 40.8. The summed E-state index contributed by atoms with van der Waals surface area (Å²) in [5, 5.41) is 30.9. The predicted molar refractivity (Wildman–Crippen MR) is 261 cm³/mol. The molecule has 6 atom stereocenters. The summed E-state index contributed by atoms with van der Waals surface area (Å²) in [4.78, 5) is 25.4. The van der Waals surface area contributed by atoms with Crippen molar-refractivity contribution in [3.05, 3.63) is 97.2 Å². The Kier molecular flexibility index (Phi) is 37.4. The number of hydrogen-bond acceptors (Lipinski definition) is 11. The summed E-state index contributed by atoms with van der Waals surface area (Å²) in [5.41, 5.74) is 0. The van der Waals surface area contributed by atoms with Crippen LogP contribution in [0, 0.1) is 0 Å². The summed E-state index contributed by atoms with van der Waals surface area (Å²) in [6.07, 6.45) is 46.0. The van der Waals surface area contributed by atoms with Crippen molar-refractivity contribution in [3.63, 3.8) is 0 Å². The zero-order valence-electron chi connectivity index (χ0n) is 39.5. The van der Waals surface area contributed by atoms with E-state index in [-0.39, 0.29) is 19.4 Å². The molecular weight excluding hydrogens is 849 g/mol. The van der Waals surface area contributed by atoms with Gasteiger partial charge in [0.2, 0.25) is 0 Å². The second-order valence-electron chi connectivity index (χ2n) is 16.4. The topological polar surface area (TPSA) is 186 Å². The summed E-state index contributed by atoms with van der Waals surface area (Å²) in [6, 6.07) is 0. The molecule has 6 unspecified atom stereocenters. The van der Waals surface area contributed by atoms with Crippen LogP contribution >= 0.6 is 0 Å². The predicted octanol–water partition coefficient (Wildman–Crippen LogP) is 10.6. The molecule has 370 valence electrons. The summed E-state index contributed by atoms with van der Waals surface area (Å²) < 4.78 is 54.1. The molecule has 0 spiro atoms. The lowest BCUT2D eigenvalue weighted by molar-refractivity contribution is -0.297. The molecule has 0 aromatic carbocycles. The van der Waals surface area contributed by atoms with Gasteiger partial charge in [0.05, 0.1) is 6.61 Å². The SMILES string of the molecule is CC/C=C\C/C=C\C/C=C\C/C=C\C/C=C\C/C=C\CCC(=O)OC(COC(=O)CCCCCCCCC/C=C\C/C=C\CCCCCC)COC1OC(CS(=O)(=O)O)C(O)C(O)C1O. The number of unbranched alkanes of at least 4 members (excludes halogenated alkanes) is 11. The highest BCUT2D eigenvalue weighted by atomic mass is 32.2. The van der Waals surface area contributed by atoms with Crippen molar-refractivity contribution in [3.8, 4) is 0 Å². The lowest BCUT2D eigenvalue weighted by atomic mass is 10.00. The van der Waals surface area contributed by atoms with E-state index in [4.69, 9.17) is 18.9 Å². The maximum absolute atomic E-state index is 12.8. The third kappa shape index (κ3) is 35.4. The Bertz CT molecular complexity index is 1560. The van der Waals surface area contributed by atoms with Crippen LogP contribution in [0.1, 0.15) is 162 Å². The Balaban J connectivity index is 2.48. The second-order valence-corrected chi connectivity index (χ2v) is 17.9. The van der Waals surface area contributed by atoms with Crippen LogP contribution < -0.4 is 0 Å². The van der Waals surface area contributed by atoms with Crippen molar-refractivity contribution in [2.24, 2.45) is 0 Å². The van der Waals surface area contributed by atoms with Gasteiger partial charge in [0.1, 0.15) is 36.8 Å². The van der Waals surface area contributed by atoms with E-state index < -0.39 is 71.2 Å². The molecule has 13 heteroatoms. The first-order chi connectivity index (χ1) is 31.5. The number of ether oxygens (including phenoxy) is 4. The molecule has 1 rings (SSSR count). The van der Waals surface area contributed by atoms with Crippen LogP contribution in [0.2, 0.25) is 0 Å². The molecule has 0 radical (unpaired) electrons. The van der Waals surface area contributed by atoms with Gasteiger partial charge in [-0.1, -0.05) is 162 Å². The van der Waals surface area contributed by atoms with E-state index in [0.717, 1.165) is 70.6 Å². The van der Waals surface area contributed by atoms with Crippen molar-refractivity contribution in [1.29, 1.82) is 0 Å². The maximum Gasteiger partial charge on any atom is 0.306 e. The first-order valence-corrected chi connectivity index (χ1v) is 25.9. The maximum atomic E-state index is 12.8.